The molecule has 0 aliphatic carbocycles. The molecule has 0 amide bonds. The van der Waals surface area contributed by atoms with Crippen molar-refractivity contribution in [3.05, 3.63) is 34.9 Å². The minimum Gasteiger partial charge on any atom is -0.310 e. The molecule has 3 heteroatoms. The van der Waals surface area contributed by atoms with Crippen molar-refractivity contribution < 1.29 is 0 Å². The molecule has 2 atom stereocenters. The third-order valence-electron chi connectivity index (χ3n) is 4.27. The fourth-order valence-corrected chi connectivity index (χ4v) is 3.07. The summed E-state index contributed by atoms with van der Waals surface area (Å²) in [6.07, 6.45) is 2.67. The Hall–Kier alpha value is -0.570. The molecule has 0 radical (unpaired) electrons. The Bertz CT molecular complexity index is 394. The predicted octanol–water partition coefficient (Wildman–Crippen LogP) is 3.55. The fourth-order valence-electron chi connectivity index (χ4n) is 2.87. The van der Waals surface area contributed by atoms with Gasteiger partial charge >= 0.3 is 0 Å². The van der Waals surface area contributed by atoms with Gasteiger partial charge in [-0.2, -0.15) is 0 Å². The van der Waals surface area contributed by atoms with Gasteiger partial charge in [-0.25, -0.2) is 0 Å². The van der Waals surface area contributed by atoms with Crippen molar-refractivity contribution >= 4 is 11.6 Å². The van der Waals surface area contributed by atoms with Crippen LogP contribution in [0, 0.1) is 5.92 Å². The Labute approximate surface area is 122 Å². The third kappa shape index (κ3) is 4.20. The Kier molecular flexibility index (Phi) is 5.68. The first-order chi connectivity index (χ1) is 9.20. The number of rotatable bonds is 5. The summed E-state index contributed by atoms with van der Waals surface area (Å²) in [4.78, 5) is 2.56. The second kappa shape index (κ2) is 7.28. The molecule has 106 valence electrons. The van der Waals surface area contributed by atoms with Crippen molar-refractivity contribution in [2.24, 2.45) is 5.92 Å². The third-order valence-corrected chi connectivity index (χ3v) is 4.64. The fraction of sp³-hybridized carbons (Fsp3) is 0.625. The van der Waals surface area contributed by atoms with Gasteiger partial charge in [-0.15, -0.1) is 0 Å². The number of piperidine rings is 1. The maximum atomic E-state index is 6.19. The van der Waals surface area contributed by atoms with Crippen LogP contribution in [0.2, 0.25) is 5.02 Å². The van der Waals surface area contributed by atoms with E-state index in [0.29, 0.717) is 6.04 Å². The molecule has 1 aliphatic rings. The van der Waals surface area contributed by atoms with E-state index in [4.69, 9.17) is 11.6 Å². The molecule has 1 aromatic rings. The first-order valence-electron chi connectivity index (χ1n) is 7.40. The number of halogens is 1. The Morgan fingerprint density at radius 2 is 2.21 bits per heavy atom. The number of likely N-dealkylation sites (tertiary alicyclic amines) is 1. The van der Waals surface area contributed by atoms with E-state index in [-0.39, 0.29) is 0 Å². The molecule has 19 heavy (non-hydrogen) atoms. The molecule has 1 aromatic carbocycles. The van der Waals surface area contributed by atoms with Gasteiger partial charge < -0.3 is 10.2 Å². The van der Waals surface area contributed by atoms with Gasteiger partial charge in [0.05, 0.1) is 0 Å². The minimum absolute atomic E-state index is 0.547. The van der Waals surface area contributed by atoms with Crippen LogP contribution in [0.25, 0.3) is 0 Å². The monoisotopic (exact) mass is 280 g/mol. The van der Waals surface area contributed by atoms with Gasteiger partial charge in [0.1, 0.15) is 0 Å². The number of hydrogen-bond acceptors (Lipinski definition) is 2. The van der Waals surface area contributed by atoms with E-state index < -0.39 is 0 Å². The summed E-state index contributed by atoms with van der Waals surface area (Å²) in [5.74, 6) is 0.760. The average Bonchev–Trinajstić information content (AvgIpc) is 2.46. The van der Waals surface area contributed by atoms with Crippen LogP contribution in [0.5, 0.6) is 0 Å². The summed E-state index contributed by atoms with van der Waals surface area (Å²) in [5.41, 5.74) is 1.19. The molecule has 1 aliphatic heterocycles. The van der Waals surface area contributed by atoms with E-state index in [1.54, 1.807) is 0 Å². The molecule has 1 N–H and O–H groups in total. The van der Waals surface area contributed by atoms with E-state index in [1.165, 1.54) is 38.0 Å². The topological polar surface area (TPSA) is 15.3 Å². The summed E-state index contributed by atoms with van der Waals surface area (Å²) in [6, 6.07) is 8.64. The quantitative estimate of drug-likeness (QED) is 0.887. The summed E-state index contributed by atoms with van der Waals surface area (Å²) in [6.45, 7) is 9.10. The van der Waals surface area contributed by atoms with Gasteiger partial charge in [0.25, 0.3) is 0 Å². The number of nitrogens with one attached hydrogen (secondary N) is 1. The van der Waals surface area contributed by atoms with E-state index in [9.17, 15) is 0 Å². The SMILES string of the molecule is CCN1CCCC(C(C)NCc2ccccc2Cl)C1. The predicted molar refractivity (Wildman–Crippen MR) is 82.6 cm³/mol. The second-order valence-corrected chi connectivity index (χ2v) is 5.96. The van der Waals surface area contributed by atoms with Gasteiger partial charge in [0.15, 0.2) is 0 Å². The number of nitrogens with zero attached hydrogens (tertiary/aromatic N) is 1. The lowest BCUT2D eigenvalue weighted by atomic mass is 9.91. The molecular formula is C16H25ClN2. The van der Waals surface area contributed by atoms with Crippen molar-refractivity contribution in [1.82, 2.24) is 10.2 Å². The average molecular weight is 281 g/mol. The highest BCUT2D eigenvalue weighted by molar-refractivity contribution is 6.31. The van der Waals surface area contributed by atoms with Crippen LogP contribution in [0.1, 0.15) is 32.3 Å². The zero-order chi connectivity index (χ0) is 13.7. The van der Waals surface area contributed by atoms with E-state index in [0.717, 1.165) is 17.5 Å². The summed E-state index contributed by atoms with van der Waals surface area (Å²) < 4.78 is 0. The van der Waals surface area contributed by atoms with Gasteiger partial charge in [0.2, 0.25) is 0 Å². The van der Waals surface area contributed by atoms with Crippen LogP contribution in [0.3, 0.4) is 0 Å². The molecule has 2 nitrogen and oxygen atoms in total. The number of hydrogen-bond donors (Lipinski definition) is 1. The van der Waals surface area contributed by atoms with Crippen LogP contribution in [0.4, 0.5) is 0 Å². The normalized spacial score (nSPS) is 22.4. The standard InChI is InChI=1S/C16H25ClN2/c1-3-19-10-6-8-15(12-19)13(2)18-11-14-7-4-5-9-16(14)17/h4-5,7,9,13,15,18H,3,6,8,10-12H2,1-2H3. The van der Waals surface area contributed by atoms with Crippen molar-refractivity contribution in [2.75, 3.05) is 19.6 Å². The van der Waals surface area contributed by atoms with E-state index in [2.05, 4.69) is 30.1 Å². The van der Waals surface area contributed by atoms with Crippen molar-refractivity contribution in [3.8, 4) is 0 Å². The second-order valence-electron chi connectivity index (χ2n) is 5.56. The van der Waals surface area contributed by atoms with Gasteiger partial charge in [-0.3, -0.25) is 0 Å². The molecule has 1 saturated heterocycles. The Balaban J connectivity index is 1.84. The highest BCUT2D eigenvalue weighted by atomic mass is 35.5. The van der Waals surface area contributed by atoms with Crippen LogP contribution >= 0.6 is 11.6 Å². The Morgan fingerprint density at radius 3 is 2.95 bits per heavy atom. The molecule has 2 unspecified atom stereocenters. The minimum atomic E-state index is 0.547. The van der Waals surface area contributed by atoms with Crippen molar-refractivity contribution in [3.63, 3.8) is 0 Å². The van der Waals surface area contributed by atoms with E-state index in [1.807, 2.05) is 18.2 Å². The molecule has 0 saturated carbocycles. The molecular weight excluding hydrogens is 256 g/mol. The van der Waals surface area contributed by atoms with Crippen LogP contribution < -0.4 is 5.32 Å². The van der Waals surface area contributed by atoms with Crippen molar-refractivity contribution in [2.45, 2.75) is 39.3 Å². The molecule has 1 heterocycles. The van der Waals surface area contributed by atoms with E-state index >= 15 is 0 Å². The van der Waals surface area contributed by atoms with Gasteiger partial charge in [-0.05, 0) is 50.4 Å². The first kappa shape index (κ1) is 14.8. The van der Waals surface area contributed by atoms with Crippen molar-refractivity contribution in [1.29, 1.82) is 0 Å². The van der Waals surface area contributed by atoms with Gasteiger partial charge in [0, 0.05) is 24.2 Å². The highest BCUT2D eigenvalue weighted by Gasteiger charge is 2.23. The van der Waals surface area contributed by atoms with Crippen LogP contribution in [-0.4, -0.2) is 30.6 Å². The largest absolute Gasteiger partial charge is 0.310 e. The maximum absolute atomic E-state index is 6.19. The van der Waals surface area contributed by atoms with Gasteiger partial charge in [-0.1, -0.05) is 36.7 Å². The molecule has 2 rings (SSSR count). The smallest absolute Gasteiger partial charge is 0.0450 e. The lowest BCUT2D eigenvalue weighted by Gasteiger charge is -2.35. The zero-order valence-electron chi connectivity index (χ0n) is 12.0. The van der Waals surface area contributed by atoms with Crippen LogP contribution in [-0.2, 0) is 6.54 Å². The molecule has 1 fully saturated rings. The zero-order valence-corrected chi connectivity index (χ0v) is 12.8. The molecule has 0 bridgehead atoms. The molecule has 0 aromatic heterocycles. The number of benzene rings is 1. The first-order valence-corrected chi connectivity index (χ1v) is 7.77. The maximum Gasteiger partial charge on any atom is 0.0450 e. The Morgan fingerprint density at radius 1 is 1.42 bits per heavy atom. The summed E-state index contributed by atoms with van der Waals surface area (Å²) >= 11 is 6.19. The molecule has 0 spiro atoms. The lowest BCUT2D eigenvalue weighted by molar-refractivity contribution is 0.157. The lowest BCUT2D eigenvalue weighted by Crippen LogP contribution is -2.44. The summed E-state index contributed by atoms with van der Waals surface area (Å²) in [7, 11) is 0. The van der Waals surface area contributed by atoms with Crippen LogP contribution in [0.15, 0.2) is 24.3 Å². The highest BCUT2D eigenvalue weighted by Crippen LogP contribution is 2.20. The summed E-state index contributed by atoms with van der Waals surface area (Å²) in [5, 5.41) is 4.51.